The van der Waals surface area contributed by atoms with E-state index in [-0.39, 0.29) is 6.10 Å². The van der Waals surface area contributed by atoms with E-state index in [0.717, 1.165) is 5.69 Å². The standard InChI is InChI=1S/C15H17N3O3/c1-10(2)21-15(20)17-14(19)13-9-16-18(11(13)3)12-7-5-4-6-8-12/h4-10H,1-3H3,(H,17,19,20). The first-order valence-electron chi connectivity index (χ1n) is 6.61. The summed E-state index contributed by atoms with van der Waals surface area (Å²) in [6.45, 7) is 5.19. The molecule has 6 heteroatoms. The largest absolute Gasteiger partial charge is 0.447 e. The number of aromatic nitrogens is 2. The van der Waals surface area contributed by atoms with Gasteiger partial charge in [0.1, 0.15) is 0 Å². The van der Waals surface area contributed by atoms with E-state index in [1.807, 2.05) is 30.3 Å². The lowest BCUT2D eigenvalue weighted by atomic mass is 10.2. The number of ether oxygens (including phenoxy) is 1. The summed E-state index contributed by atoms with van der Waals surface area (Å²) in [5.41, 5.74) is 1.83. The fraction of sp³-hybridized carbons (Fsp3) is 0.267. The third kappa shape index (κ3) is 3.47. The number of alkyl carbamates (subject to hydrolysis) is 1. The van der Waals surface area contributed by atoms with Crippen molar-refractivity contribution in [3.05, 3.63) is 47.8 Å². The molecule has 0 atom stereocenters. The monoisotopic (exact) mass is 287 g/mol. The molecular weight excluding hydrogens is 270 g/mol. The highest BCUT2D eigenvalue weighted by Gasteiger charge is 2.18. The summed E-state index contributed by atoms with van der Waals surface area (Å²) in [4.78, 5) is 23.5. The van der Waals surface area contributed by atoms with Crippen molar-refractivity contribution in [2.45, 2.75) is 26.9 Å². The fourth-order valence-corrected chi connectivity index (χ4v) is 1.87. The predicted molar refractivity (Wildman–Crippen MR) is 77.4 cm³/mol. The molecule has 6 nitrogen and oxygen atoms in total. The Kier molecular flexibility index (Phi) is 4.37. The molecule has 2 amide bonds. The lowest BCUT2D eigenvalue weighted by molar-refractivity contribution is 0.0876. The Bertz CT molecular complexity index is 647. The van der Waals surface area contributed by atoms with Gasteiger partial charge in [-0.15, -0.1) is 0 Å². The van der Waals surface area contributed by atoms with Crippen LogP contribution in [0.5, 0.6) is 0 Å². The van der Waals surface area contributed by atoms with Crippen LogP contribution in [-0.4, -0.2) is 27.9 Å². The summed E-state index contributed by atoms with van der Waals surface area (Å²) in [5, 5.41) is 6.36. The first kappa shape index (κ1) is 14.8. The molecule has 1 N–H and O–H groups in total. The molecule has 2 aromatic rings. The van der Waals surface area contributed by atoms with Gasteiger partial charge in [0.15, 0.2) is 0 Å². The highest BCUT2D eigenvalue weighted by atomic mass is 16.6. The van der Waals surface area contributed by atoms with Gasteiger partial charge in [-0.25, -0.2) is 9.48 Å². The summed E-state index contributed by atoms with van der Waals surface area (Å²) in [6.07, 6.45) is 0.383. The van der Waals surface area contributed by atoms with Crippen LogP contribution in [0.2, 0.25) is 0 Å². The highest BCUT2D eigenvalue weighted by Crippen LogP contribution is 2.13. The number of carbonyl (C=O) groups is 2. The predicted octanol–water partition coefficient (Wildman–Crippen LogP) is 2.46. The van der Waals surface area contributed by atoms with Crippen molar-refractivity contribution < 1.29 is 14.3 Å². The second-order valence-electron chi connectivity index (χ2n) is 4.80. The average molecular weight is 287 g/mol. The minimum Gasteiger partial charge on any atom is -0.447 e. The van der Waals surface area contributed by atoms with E-state index in [9.17, 15) is 9.59 Å². The number of hydrogen-bond donors (Lipinski definition) is 1. The van der Waals surface area contributed by atoms with E-state index in [0.29, 0.717) is 11.3 Å². The molecule has 0 fully saturated rings. The van der Waals surface area contributed by atoms with Crippen molar-refractivity contribution in [1.29, 1.82) is 0 Å². The maximum Gasteiger partial charge on any atom is 0.414 e. The molecule has 0 aliphatic rings. The summed E-state index contributed by atoms with van der Waals surface area (Å²) < 4.78 is 6.52. The van der Waals surface area contributed by atoms with Crippen LogP contribution < -0.4 is 5.32 Å². The first-order chi connectivity index (χ1) is 9.99. The molecule has 0 radical (unpaired) electrons. The summed E-state index contributed by atoms with van der Waals surface area (Å²) in [6, 6.07) is 9.44. The van der Waals surface area contributed by atoms with Crippen molar-refractivity contribution in [1.82, 2.24) is 15.1 Å². The van der Waals surface area contributed by atoms with Gasteiger partial charge in [-0.1, -0.05) is 18.2 Å². The molecule has 110 valence electrons. The Morgan fingerprint density at radius 3 is 2.52 bits per heavy atom. The van der Waals surface area contributed by atoms with Crippen LogP contribution in [-0.2, 0) is 4.74 Å². The number of nitrogens with one attached hydrogen (secondary N) is 1. The van der Waals surface area contributed by atoms with Gasteiger partial charge in [0, 0.05) is 0 Å². The van der Waals surface area contributed by atoms with Crippen LogP contribution in [0.4, 0.5) is 4.79 Å². The molecule has 0 aliphatic carbocycles. The van der Waals surface area contributed by atoms with Crippen LogP contribution in [0.3, 0.4) is 0 Å². The maximum absolute atomic E-state index is 12.0. The Hall–Kier alpha value is -2.63. The normalized spacial score (nSPS) is 10.5. The summed E-state index contributed by atoms with van der Waals surface area (Å²) in [5.74, 6) is -0.527. The van der Waals surface area contributed by atoms with Crippen LogP contribution in [0.15, 0.2) is 36.5 Å². The third-order valence-corrected chi connectivity index (χ3v) is 2.81. The van der Waals surface area contributed by atoms with E-state index in [4.69, 9.17) is 4.74 Å². The number of nitrogens with zero attached hydrogens (tertiary/aromatic N) is 2. The molecule has 0 unspecified atom stereocenters. The van der Waals surface area contributed by atoms with E-state index in [1.165, 1.54) is 6.20 Å². The quantitative estimate of drug-likeness (QED) is 0.941. The Morgan fingerprint density at radius 2 is 1.90 bits per heavy atom. The molecule has 0 bridgehead atoms. The molecule has 0 saturated carbocycles. The number of benzene rings is 1. The van der Waals surface area contributed by atoms with Gasteiger partial charge >= 0.3 is 6.09 Å². The number of hydrogen-bond acceptors (Lipinski definition) is 4. The minimum absolute atomic E-state index is 0.286. The molecule has 21 heavy (non-hydrogen) atoms. The molecule has 1 aromatic carbocycles. The number of amides is 2. The molecule has 2 rings (SSSR count). The van der Waals surface area contributed by atoms with Gasteiger partial charge in [-0.3, -0.25) is 10.1 Å². The lowest BCUT2D eigenvalue weighted by Crippen LogP contribution is -2.32. The van der Waals surface area contributed by atoms with Gasteiger partial charge < -0.3 is 4.74 Å². The molecule has 0 spiro atoms. The van der Waals surface area contributed by atoms with Crippen molar-refractivity contribution in [3.63, 3.8) is 0 Å². The van der Waals surface area contributed by atoms with Gasteiger partial charge in [0.25, 0.3) is 5.91 Å². The minimum atomic E-state index is -0.762. The summed E-state index contributed by atoms with van der Waals surface area (Å²) >= 11 is 0. The maximum atomic E-state index is 12.0. The van der Waals surface area contributed by atoms with Gasteiger partial charge in [-0.05, 0) is 32.9 Å². The van der Waals surface area contributed by atoms with Crippen molar-refractivity contribution in [2.24, 2.45) is 0 Å². The first-order valence-corrected chi connectivity index (χ1v) is 6.61. The van der Waals surface area contributed by atoms with Crippen LogP contribution in [0.25, 0.3) is 5.69 Å². The topological polar surface area (TPSA) is 73.2 Å². The number of para-hydroxylation sites is 1. The summed E-state index contributed by atoms with van der Waals surface area (Å²) in [7, 11) is 0. The zero-order valence-electron chi connectivity index (χ0n) is 12.2. The van der Waals surface area contributed by atoms with Crippen molar-refractivity contribution in [2.75, 3.05) is 0 Å². The van der Waals surface area contributed by atoms with Crippen LogP contribution >= 0.6 is 0 Å². The van der Waals surface area contributed by atoms with Gasteiger partial charge in [0.2, 0.25) is 0 Å². The van der Waals surface area contributed by atoms with E-state index in [1.54, 1.807) is 25.5 Å². The number of carbonyl (C=O) groups excluding carboxylic acids is 2. The Morgan fingerprint density at radius 1 is 1.24 bits per heavy atom. The highest BCUT2D eigenvalue weighted by molar-refractivity contribution is 6.03. The van der Waals surface area contributed by atoms with Crippen molar-refractivity contribution >= 4 is 12.0 Å². The number of imide groups is 1. The van der Waals surface area contributed by atoms with Crippen LogP contribution in [0, 0.1) is 6.92 Å². The molecular formula is C15H17N3O3. The molecule has 0 saturated heterocycles. The van der Waals surface area contributed by atoms with E-state index < -0.39 is 12.0 Å². The van der Waals surface area contributed by atoms with Gasteiger partial charge in [0.05, 0.1) is 29.2 Å². The van der Waals surface area contributed by atoms with Crippen molar-refractivity contribution in [3.8, 4) is 5.69 Å². The second-order valence-corrected chi connectivity index (χ2v) is 4.80. The zero-order chi connectivity index (χ0) is 15.4. The average Bonchev–Trinajstić information content (AvgIpc) is 2.80. The zero-order valence-corrected chi connectivity index (χ0v) is 12.2. The molecule has 1 aromatic heterocycles. The fourth-order valence-electron chi connectivity index (χ4n) is 1.87. The Balaban J connectivity index is 2.17. The molecule has 0 aliphatic heterocycles. The van der Waals surface area contributed by atoms with E-state index >= 15 is 0 Å². The molecule has 1 heterocycles. The van der Waals surface area contributed by atoms with E-state index in [2.05, 4.69) is 10.4 Å². The smallest absolute Gasteiger partial charge is 0.414 e. The van der Waals surface area contributed by atoms with Crippen LogP contribution in [0.1, 0.15) is 29.9 Å². The third-order valence-electron chi connectivity index (χ3n) is 2.81. The number of rotatable bonds is 3. The second kappa shape index (κ2) is 6.21. The van der Waals surface area contributed by atoms with Gasteiger partial charge in [-0.2, -0.15) is 5.10 Å². The Labute approximate surface area is 122 Å². The lowest BCUT2D eigenvalue weighted by Gasteiger charge is -2.08. The SMILES string of the molecule is Cc1c(C(=O)NC(=O)OC(C)C)cnn1-c1ccccc1.